The summed E-state index contributed by atoms with van der Waals surface area (Å²) in [5.41, 5.74) is 0.476. The van der Waals surface area contributed by atoms with Crippen molar-refractivity contribution in [2.75, 3.05) is 20.3 Å². The van der Waals surface area contributed by atoms with E-state index in [-0.39, 0.29) is 11.9 Å². The molecule has 0 atom stereocenters. The third kappa shape index (κ3) is 4.04. The smallest absolute Gasteiger partial charge is 0.167 e. The summed E-state index contributed by atoms with van der Waals surface area (Å²) in [4.78, 5) is 11.6. The van der Waals surface area contributed by atoms with Crippen LogP contribution in [0.1, 0.15) is 31.1 Å². The first-order valence-corrected chi connectivity index (χ1v) is 5.98. The van der Waals surface area contributed by atoms with Crippen molar-refractivity contribution in [3.8, 4) is 11.5 Å². The molecule has 0 heterocycles. The molecular weight excluding hydrogens is 232 g/mol. The summed E-state index contributed by atoms with van der Waals surface area (Å²) in [5.74, 6) is 0.992. The van der Waals surface area contributed by atoms with Crippen LogP contribution in [0.15, 0.2) is 18.2 Å². The summed E-state index contributed by atoms with van der Waals surface area (Å²) in [6, 6.07) is 5.30. The monoisotopic (exact) mass is 252 g/mol. The molecule has 0 aliphatic carbocycles. The molecular formula is C14H20O4. The summed E-state index contributed by atoms with van der Waals surface area (Å²) in [6.45, 7) is 6.33. The van der Waals surface area contributed by atoms with Gasteiger partial charge in [-0.2, -0.15) is 0 Å². The highest BCUT2D eigenvalue weighted by molar-refractivity contribution is 5.99. The highest BCUT2D eigenvalue weighted by atomic mass is 16.5. The lowest BCUT2D eigenvalue weighted by Crippen LogP contribution is -2.12. The van der Waals surface area contributed by atoms with Crippen LogP contribution in [0.3, 0.4) is 0 Å². The summed E-state index contributed by atoms with van der Waals surface area (Å²) in [6.07, 6.45) is 0.172. The average molecular weight is 252 g/mol. The largest absolute Gasteiger partial charge is 0.496 e. The zero-order valence-corrected chi connectivity index (χ0v) is 11.4. The standard InChI is InChI=1S/C14H20O4/c1-10(2)17-8-9-18-13-7-5-6-12(16-4)14(13)11(3)15/h5-7,10H,8-9H2,1-4H3. The SMILES string of the molecule is COc1cccc(OCCOC(C)C)c1C(C)=O. The maximum atomic E-state index is 11.6. The van der Waals surface area contributed by atoms with E-state index >= 15 is 0 Å². The molecule has 0 aromatic heterocycles. The predicted octanol–water partition coefficient (Wildman–Crippen LogP) is 2.70. The van der Waals surface area contributed by atoms with Crippen LogP contribution in [0, 0.1) is 0 Å². The number of methoxy groups -OCH3 is 1. The fourth-order valence-corrected chi connectivity index (χ4v) is 1.58. The Bertz CT molecular complexity index is 399. The molecule has 4 nitrogen and oxygen atoms in total. The van der Waals surface area contributed by atoms with E-state index in [1.807, 2.05) is 13.8 Å². The number of hydrogen-bond donors (Lipinski definition) is 0. The molecule has 4 heteroatoms. The minimum absolute atomic E-state index is 0.0766. The lowest BCUT2D eigenvalue weighted by Gasteiger charge is -2.13. The van der Waals surface area contributed by atoms with E-state index in [0.29, 0.717) is 30.3 Å². The van der Waals surface area contributed by atoms with Gasteiger partial charge in [-0.25, -0.2) is 0 Å². The van der Waals surface area contributed by atoms with Crippen molar-refractivity contribution < 1.29 is 19.0 Å². The summed E-state index contributed by atoms with van der Waals surface area (Å²) in [7, 11) is 1.54. The predicted molar refractivity (Wildman–Crippen MR) is 69.6 cm³/mol. The number of Topliss-reactive ketones (excluding diaryl/α,β-unsaturated/α-hetero) is 1. The van der Waals surface area contributed by atoms with Crippen LogP contribution in [0.5, 0.6) is 11.5 Å². The first-order valence-electron chi connectivity index (χ1n) is 5.98. The lowest BCUT2D eigenvalue weighted by atomic mass is 10.1. The van der Waals surface area contributed by atoms with Crippen LogP contribution < -0.4 is 9.47 Å². The normalized spacial score (nSPS) is 10.5. The fourth-order valence-electron chi connectivity index (χ4n) is 1.58. The Morgan fingerprint density at radius 3 is 2.44 bits per heavy atom. The average Bonchev–Trinajstić information content (AvgIpc) is 2.33. The Kier molecular flexibility index (Phi) is 5.65. The van der Waals surface area contributed by atoms with Gasteiger partial charge >= 0.3 is 0 Å². The van der Waals surface area contributed by atoms with E-state index in [1.165, 1.54) is 14.0 Å². The minimum atomic E-state index is -0.0766. The summed E-state index contributed by atoms with van der Waals surface area (Å²) < 4.78 is 16.1. The second-order valence-electron chi connectivity index (χ2n) is 4.16. The fraction of sp³-hybridized carbons (Fsp3) is 0.500. The third-order valence-electron chi connectivity index (χ3n) is 2.35. The van der Waals surface area contributed by atoms with E-state index in [1.54, 1.807) is 18.2 Å². The van der Waals surface area contributed by atoms with Crippen molar-refractivity contribution >= 4 is 5.78 Å². The molecule has 0 saturated carbocycles. The molecule has 0 aliphatic rings. The van der Waals surface area contributed by atoms with Crippen molar-refractivity contribution in [2.45, 2.75) is 26.9 Å². The van der Waals surface area contributed by atoms with Crippen LogP contribution in [0.2, 0.25) is 0 Å². The highest BCUT2D eigenvalue weighted by Crippen LogP contribution is 2.28. The van der Waals surface area contributed by atoms with E-state index in [9.17, 15) is 4.79 Å². The van der Waals surface area contributed by atoms with Gasteiger partial charge in [0.05, 0.1) is 19.8 Å². The Labute approximate surface area is 108 Å². The summed E-state index contributed by atoms with van der Waals surface area (Å²) >= 11 is 0. The lowest BCUT2D eigenvalue weighted by molar-refractivity contribution is 0.0548. The summed E-state index contributed by atoms with van der Waals surface area (Å²) in [5, 5.41) is 0. The molecule has 0 bridgehead atoms. The van der Waals surface area contributed by atoms with E-state index < -0.39 is 0 Å². The van der Waals surface area contributed by atoms with Gasteiger partial charge in [-0.3, -0.25) is 4.79 Å². The number of hydrogen-bond acceptors (Lipinski definition) is 4. The Balaban J connectivity index is 2.72. The molecule has 1 aromatic carbocycles. The zero-order valence-electron chi connectivity index (χ0n) is 11.4. The van der Waals surface area contributed by atoms with Crippen LogP contribution in [-0.4, -0.2) is 32.2 Å². The molecule has 1 aromatic rings. The molecule has 0 aliphatic heterocycles. The third-order valence-corrected chi connectivity index (χ3v) is 2.35. The van der Waals surface area contributed by atoms with E-state index in [4.69, 9.17) is 14.2 Å². The Hall–Kier alpha value is -1.55. The van der Waals surface area contributed by atoms with Gasteiger partial charge in [-0.05, 0) is 32.9 Å². The first kappa shape index (κ1) is 14.5. The zero-order chi connectivity index (χ0) is 13.5. The Morgan fingerprint density at radius 2 is 1.89 bits per heavy atom. The van der Waals surface area contributed by atoms with Gasteiger partial charge in [0.1, 0.15) is 23.7 Å². The quantitative estimate of drug-likeness (QED) is 0.553. The van der Waals surface area contributed by atoms with Crippen LogP contribution in [0.25, 0.3) is 0 Å². The molecule has 0 radical (unpaired) electrons. The van der Waals surface area contributed by atoms with Crippen molar-refractivity contribution in [3.63, 3.8) is 0 Å². The molecule has 0 N–H and O–H groups in total. The second kappa shape index (κ2) is 7.01. The van der Waals surface area contributed by atoms with Crippen LogP contribution in [-0.2, 0) is 4.74 Å². The number of ether oxygens (including phenoxy) is 3. The molecule has 100 valence electrons. The molecule has 0 amide bonds. The Morgan fingerprint density at radius 1 is 1.22 bits per heavy atom. The number of rotatable bonds is 7. The highest BCUT2D eigenvalue weighted by Gasteiger charge is 2.14. The first-order chi connectivity index (χ1) is 8.56. The molecule has 0 spiro atoms. The number of ketones is 1. The van der Waals surface area contributed by atoms with Gasteiger partial charge < -0.3 is 14.2 Å². The van der Waals surface area contributed by atoms with Gasteiger partial charge in [-0.1, -0.05) is 6.07 Å². The van der Waals surface area contributed by atoms with Gasteiger partial charge in [0, 0.05) is 0 Å². The maximum Gasteiger partial charge on any atom is 0.167 e. The number of carbonyl (C=O) groups excluding carboxylic acids is 1. The molecule has 18 heavy (non-hydrogen) atoms. The number of carbonyl (C=O) groups is 1. The van der Waals surface area contributed by atoms with Crippen molar-refractivity contribution in [2.24, 2.45) is 0 Å². The van der Waals surface area contributed by atoms with E-state index in [2.05, 4.69) is 0 Å². The van der Waals surface area contributed by atoms with Crippen LogP contribution >= 0.6 is 0 Å². The van der Waals surface area contributed by atoms with Crippen molar-refractivity contribution in [1.29, 1.82) is 0 Å². The van der Waals surface area contributed by atoms with Crippen LogP contribution in [0.4, 0.5) is 0 Å². The van der Waals surface area contributed by atoms with E-state index in [0.717, 1.165) is 0 Å². The maximum absolute atomic E-state index is 11.6. The minimum Gasteiger partial charge on any atom is -0.496 e. The molecule has 0 saturated heterocycles. The van der Waals surface area contributed by atoms with Gasteiger partial charge in [0.15, 0.2) is 5.78 Å². The second-order valence-corrected chi connectivity index (χ2v) is 4.16. The van der Waals surface area contributed by atoms with Gasteiger partial charge in [-0.15, -0.1) is 0 Å². The molecule has 1 rings (SSSR count). The topological polar surface area (TPSA) is 44.8 Å². The molecule has 0 fully saturated rings. The number of benzene rings is 1. The van der Waals surface area contributed by atoms with Gasteiger partial charge in [0.2, 0.25) is 0 Å². The molecule has 0 unspecified atom stereocenters. The van der Waals surface area contributed by atoms with Crippen molar-refractivity contribution in [1.82, 2.24) is 0 Å². The van der Waals surface area contributed by atoms with Crippen molar-refractivity contribution in [3.05, 3.63) is 23.8 Å². The van der Waals surface area contributed by atoms with Gasteiger partial charge in [0.25, 0.3) is 0 Å².